The molecule has 0 saturated heterocycles. The Bertz CT molecular complexity index is 779. The molecule has 0 aliphatic carbocycles. The van der Waals surface area contributed by atoms with Gasteiger partial charge in [0.2, 0.25) is 5.13 Å². The van der Waals surface area contributed by atoms with Gasteiger partial charge in [-0.25, -0.2) is 9.37 Å². The lowest BCUT2D eigenvalue weighted by molar-refractivity contribution is 0.275. The Morgan fingerprint density at radius 3 is 2.64 bits per heavy atom. The number of aliphatic hydroxyl groups excluding tert-OH is 1. The summed E-state index contributed by atoms with van der Waals surface area (Å²) in [5.41, 5.74) is 3.02. The highest BCUT2D eigenvalue weighted by molar-refractivity contribution is 7.12. The van der Waals surface area contributed by atoms with Gasteiger partial charge in [0.05, 0.1) is 18.0 Å². The van der Waals surface area contributed by atoms with Gasteiger partial charge in [-0.2, -0.15) is 4.68 Å². The zero-order chi connectivity index (χ0) is 15.7. The zero-order valence-corrected chi connectivity index (χ0v) is 13.0. The fourth-order valence-electron chi connectivity index (χ4n) is 2.27. The number of aromatic nitrogens is 4. The molecule has 114 valence electrons. The van der Waals surface area contributed by atoms with Crippen molar-refractivity contribution in [2.45, 2.75) is 26.4 Å². The molecule has 5 nitrogen and oxygen atoms in total. The molecule has 2 aromatic heterocycles. The average Bonchev–Trinajstić information content (AvgIpc) is 3.14. The summed E-state index contributed by atoms with van der Waals surface area (Å²) in [4.78, 5) is 4.55. The van der Waals surface area contributed by atoms with Crippen molar-refractivity contribution >= 4 is 11.3 Å². The Morgan fingerprint density at radius 2 is 2.00 bits per heavy atom. The summed E-state index contributed by atoms with van der Waals surface area (Å²) < 4.78 is 14.7. The largest absolute Gasteiger partial charge is 0.390 e. The van der Waals surface area contributed by atoms with Gasteiger partial charge in [-0.3, -0.25) is 0 Å². The van der Waals surface area contributed by atoms with Crippen molar-refractivity contribution in [1.29, 1.82) is 0 Å². The van der Waals surface area contributed by atoms with Gasteiger partial charge in [-0.1, -0.05) is 19.1 Å². The van der Waals surface area contributed by atoms with Crippen LogP contribution in [0.2, 0.25) is 0 Å². The Hall–Kier alpha value is -2.12. The zero-order valence-electron chi connectivity index (χ0n) is 12.2. The van der Waals surface area contributed by atoms with E-state index in [1.54, 1.807) is 16.8 Å². The van der Waals surface area contributed by atoms with E-state index < -0.39 is 0 Å². The van der Waals surface area contributed by atoms with Gasteiger partial charge in [0.15, 0.2) is 0 Å². The minimum atomic E-state index is -0.273. The molecule has 0 amide bonds. The van der Waals surface area contributed by atoms with Crippen LogP contribution in [-0.2, 0) is 6.61 Å². The van der Waals surface area contributed by atoms with Crippen LogP contribution in [-0.4, -0.2) is 25.1 Å². The highest BCUT2D eigenvalue weighted by Gasteiger charge is 2.19. The van der Waals surface area contributed by atoms with Crippen molar-refractivity contribution < 1.29 is 9.50 Å². The summed E-state index contributed by atoms with van der Waals surface area (Å²) in [5.74, 6) is -0.111. The van der Waals surface area contributed by atoms with Crippen molar-refractivity contribution in [3.63, 3.8) is 0 Å². The first-order valence-corrected chi connectivity index (χ1v) is 7.75. The van der Waals surface area contributed by atoms with Crippen LogP contribution < -0.4 is 0 Å². The molecular weight excluding hydrogens is 303 g/mol. The summed E-state index contributed by atoms with van der Waals surface area (Å²) >= 11 is 1.43. The van der Waals surface area contributed by atoms with Gasteiger partial charge < -0.3 is 5.11 Å². The fourth-order valence-corrected chi connectivity index (χ4v) is 3.06. The number of aliphatic hydroxyl groups is 1. The minimum Gasteiger partial charge on any atom is -0.390 e. The highest BCUT2D eigenvalue weighted by Crippen LogP contribution is 2.27. The van der Waals surface area contributed by atoms with E-state index in [1.807, 2.05) is 19.2 Å². The average molecular weight is 318 g/mol. The quantitative estimate of drug-likeness (QED) is 0.802. The van der Waals surface area contributed by atoms with E-state index in [-0.39, 0.29) is 18.3 Å². The van der Waals surface area contributed by atoms with Crippen LogP contribution in [0.1, 0.15) is 31.2 Å². The molecule has 1 aromatic carbocycles. The van der Waals surface area contributed by atoms with E-state index in [0.29, 0.717) is 10.8 Å². The van der Waals surface area contributed by atoms with Gasteiger partial charge in [0, 0.05) is 10.9 Å². The summed E-state index contributed by atoms with van der Waals surface area (Å²) in [6.45, 7) is 3.88. The lowest BCUT2D eigenvalue weighted by Gasteiger charge is -2.07. The predicted octanol–water partition coefficient (Wildman–Crippen LogP) is 3.15. The minimum absolute atomic E-state index is 0.149. The summed E-state index contributed by atoms with van der Waals surface area (Å²) in [5, 5.41) is 20.0. The monoisotopic (exact) mass is 318 g/mol. The third-order valence-electron chi connectivity index (χ3n) is 3.29. The Morgan fingerprint density at radius 1 is 1.27 bits per heavy atom. The maximum atomic E-state index is 13.0. The molecule has 0 bridgehead atoms. The molecule has 22 heavy (non-hydrogen) atoms. The van der Waals surface area contributed by atoms with Gasteiger partial charge in [-0.05, 0) is 30.2 Å². The molecule has 7 heteroatoms. The number of hydrogen-bond acceptors (Lipinski definition) is 5. The van der Waals surface area contributed by atoms with Crippen LogP contribution >= 0.6 is 11.3 Å². The SMILES string of the molecule is CC(C)c1c(CO)nnn1-c1nc(-c2ccc(F)cc2)cs1. The van der Waals surface area contributed by atoms with Crippen LogP contribution in [0.4, 0.5) is 4.39 Å². The molecule has 0 spiro atoms. The van der Waals surface area contributed by atoms with Crippen LogP contribution in [0.5, 0.6) is 0 Å². The van der Waals surface area contributed by atoms with E-state index in [9.17, 15) is 9.50 Å². The topological polar surface area (TPSA) is 63.8 Å². The molecule has 0 radical (unpaired) electrons. The maximum Gasteiger partial charge on any atom is 0.212 e. The molecule has 0 atom stereocenters. The highest BCUT2D eigenvalue weighted by atomic mass is 32.1. The van der Waals surface area contributed by atoms with Crippen LogP contribution in [0.3, 0.4) is 0 Å². The second-order valence-electron chi connectivity index (χ2n) is 5.17. The number of benzene rings is 1. The number of halogens is 1. The van der Waals surface area contributed by atoms with Crippen molar-refractivity contribution in [2.75, 3.05) is 0 Å². The van der Waals surface area contributed by atoms with Gasteiger partial charge in [-0.15, -0.1) is 16.4 Å². The molecular formula is C15H15FN4OS. The predicted molar refractivity (Wildman–Crippen MR) is 82.4 cm³/mol. The third kappa shape index (κ3) is 2.65. The van der Waals surface area contributed by atoms with Gasteiger partial charge in [0.25, 0.3) is 0 Å². The molecule has 0 saturated carbocycles. The van der Waals surface area contributed by atoms with Crippen LogP contribution in [0.15, 0.2) is 29.6 Å². The lowest BCUT2D eigenvalue weighted by atomic mass is 10.1. The second-order valence-corrected chi connectivity index (χ2v) is 6.00. The maximum absolute atomic E-state index is 13.0. The Labute approximate surface area is 131 Å². The Balaban J connectivity index is 2.01. The summed E-state index contributed by atoms with van der Waals surface area (Å²) in [6, 6.07) is 6.20. The molecule has 0 aliphatic rings. The molecule has 0 unspecified atom stereocenters. The molecule has 2 heterocycles. The van der Waals surface area contributed by atoms with E-state index in [4.69, 9.17) is 0 Å². The van der Waals surface area contributed by atoms with E-state index in [2.05, 4.69) is 15.3 Å². The smallest absolute Gasteiger partial charge is 0.212 e. The van der Waals surface area contributed by atoms with Gasteiger partial charge in [0.1, 0.15) is 11.5 Å². The van der Waals surface area contributed by atoms with Crippen molar-refractivity contribution in [2.24, 2.45) is 0 Å². The fraction of sp³-hybridized carbons (Fsp3) is 0.267. The lowest BCUT2D eigenvalue weighted by Crippen LogP contribution is -2.05. The standard InChI is InChI=1S/C15H15FN4OS/c1-9(2)14-12(7-21)18-19-20(14)15-17-13(8-22-15)10-3-5-11(16)6-4-10/h3-6,8-9,21H,7H2,1-2H3. The third-order valence-corrected chi connectivity index (χ3v) is 4.10. The normalized spacial score (nSPS) is 11.3. The first-order chi connectivity index (χ1) is 10.6. The summed E-state index contributed by atoms with van der Waals surface area (Å²) in [6.07, 6.45) is 0. The van der Waals surface area contributed by atoms with Crippen molar-refractivity contribution in [3.8, 4) is 16.4 Å². The molecule has 3 aromatic rings. The Kier molecular flexibility index (Phi) is 4.00. The summed E-state index contributed by atoms with van der Waals surface area (Å²) in [7, 11) is 0. The number of nitrogens with zero attached hydrogens (tertiary/aromatic N) is 4. The second kappa shape index (κ2) is 5.94. The number of hydrogen-bond donors (Lipinski definition) is 1. The molecule has 0 aliphatic heterocycles. The van der Waals surface area contributed by atoms with Crippen LogP contribution in [0, 0.1) is 5.82 Å². The molecule has 3 rings (SSSR count). The van der Waals surface area contributed by atoms with Crippen molar-refractivity contribution in [1.82, 2.24) is 20.0 Å². The molecule has 0 fully saturated rings. The first-order valence-electron chi connectivity index (χ1n) is 6.87. The van der Waals surface area contributed by atoms with E-state index >= 15 is 0 Å². The van der Waals surface area contributed by atoms with Crippen LogP contribution in [0.25, 0.3) is 16.4 Å². The van der Waals surface area contributed by atoms with Gasteiger partial charge >= 0.3 is 0 Å². The van der Waals surface area contributed by atoms with Crippen molar-refractivity contribution in [3.05, 3.63) is 46.9 Å². The number of thiazole rings is 1. The van der Waals surface area contributed by atoms with E-state index in [0.717, 1.165) is 17.0 Å². The number of rotatable bonds is 4. The van der Waals surface area contributed by atoms with E-state index in [1.165, 1.54) is 23.5 Å². The molecule has 1 N–H and O–H groups in total. The first kappa shape index (κ1) is 14.8.